The molecule has 1 aromatic carbocycles. The van der Waals surface area contributed by atoms with Crippen molar-refractivity contribution in [2.75, 3.05) is 20.2 Å². The SMILES string of the molecule is CCOC(=O)NC(CNC(=NC)NCc1cc(Cl)ccc1OC(F)F)C1CC1.I. The van der Waals surface area contributed by atoms with Crippen LogP contribution in [0.25, 0.3) is 0 Å². The molecule has 1 atom stereocenters. The van der Waals surface area contributed by atoms with E-state index in [9.17, 15) is 13.6 Å². The zero-order chi connectivity index (χ0) is 20.5. The van der Waals surface area contributed by atoms with E-state index in [-0.39, 0.29) is 42.3 Å². The molecule has 1 saturated carbocycles. The first-order chi connectivity index (χ1) is 13.4. The predicted octanol–water partition coefficient (Wildman–Crippen LogP) is 3.75. The Bertz CT molecular complexity index is 693. The van der Waals surface area contributed by atoms with E-state index in [1.54, 1.807) is 20.0 Å². The standard InChI is InChI=1S/C18H25ClF2N4O3.HI/c1-3-27-18(26)25-14(11-4-5-11)10-24-17(22-2)23-9-12-8-13(19)6-7-15(12)28-16(20)21;/h6-8,11,14,16H,3-5,9-10H2,1-2H3,(H,25,26)(H2,22,23,24);1H. The highest BCUT2D eigenvalue weighted by atomic mass is 127. The van der Waals surface area contributed by atoms with Gasteiger partial charge in [-0.3, -0.25) is 4.99 Å². The lowest BCUT2D eigenvalue weighted by molar-refractivity contribution is -0.0504. The fraction of sp³-hybridized carbons (Fsp3) is 0.556. The molecule has 1 aliphatic rings. The third-order valence-corrected chi connectivity index (χ3v) is 4.40. The molecule has 11 heteroatoms. The van der Waals surface area contributed by atoms with Crippen LogP contribution >= 0.6 is 35.6 Å². The number of carbonyl (C=O) groups excluding carboxylic acids is 1. The highest BCUT2D eigenvalue weighted by Gasteiger charge is 2.32. The summed E-state index contributed by atoms with van der Waals surface area (Å²) in [4.78, 5) is 15.8. The van der Waals surface area contributed by atoms with Gasteiger partial charge in [0.15, 0.2) is 5.96 Å². The van der Waals surface area contributed by atoms with Crippen LogP contribution in [-0.4, -0.2) is 44.9 Å². The molecule has 1 aromatic rings. The Hall–Kier alpha value is -1.56. The summed E-state index contributed by atoms with van der Waals surface area (Å²) in [6.45, 7) is -0.230. The molecule has 0 bridgehead atoms. The van der Waals surface area contributed by atoms with Crippen molar-refractivity contribution < 1.29 is 23.0 Å². The predicted molar refractivity (Wildman–Crippen MR) is 118 cm³/mol. The van der Waals surface area contributed by atoms with Gasteiger partial charge in [-0.05, 0) is 43.9 Å². The number of nitrogens with zero attached hydrogens (tertiary/aromatic N) is 1. The minimum Gasteiger partial charge on any atom is -0.450 e. The minimum absolute atomic E-state index is 0. The number of guanidine groups is 1. The number of hydrogen-bond donors (Lipinski definition) is 3. The number of aliphatic imine (C=N–C) groups is 1. The van der Waals surface area contributed by atoms with Crippen molar-refractivity contribution in [1.82, 2.24) is 16.0 Å². The van der Waals surface area contributed by atoms with Crippen LogP contribution < -0.4 is 20.7 Å². The van der Waals surface area contributed by atoms with Crippen molar-refractivity contribution in [1.29, 1.82) is 0 Å². The summed E-state index contributed by atoms with van der Waals surface area (Å²) in [7, 11) is 1.59. The van der Waals surface area contributed by atoms with Crippen molar-refractivity contribution in [3.63, 3.8) is 0 Å². The van der Waals surface area contributed by atoms with Crippen LogP contribution in [-0.2, 0) is 11.3 Å². The molecule has 0 aromatic heterocycles. The molecular weight excluding hydrogens is 521 g/mol. The number of alkyl halides is 2. The minimum atomic E-state index is -2.93. The van der Waals surface area contributed by atoms with Crippen LogP contribution in [0.2, 0.25) is 5.02 Å². The number of halogens is 4. The molecule has 0 saturated heterocycles. The molecule has 0 spiro atoms. The second-order valence-corrected chi connectivity index (χ2v) is 6.68. The molecular formula is C18H26ClF2IN4O3. The Morgan fingerprint density at radius 3 is 2.66 bits per heavy atom. The van der Waals surface area contributed by atoms with Crippen molar-refractivity contribution >= 4 is 47.6 Å². The number of amides is 1. The largest absolute Gasteiger partial charge is 0.450 e. The van der Waals surface area contributed by atoms with Gasteiger partial charge < -0.3 is 25.4 Å². The Kier molecular flexibility index (Phi) is 11.3. The molecule has 1 fully saturated rings. The van der Waals surface area contributed by atoms with Gasteiger partial charge >= 0.3 is 12.7 Å². The van der Waals surface area contributed by atoms with Crippen molar-refractivity contribution in [3.8, 4) is 5.75 Å². The van der Waals surface area contributed by atoms with Gasteiger partial charge in [-0.25, -0.2) is 4.79 Å². The van der Waals surface area contributed by atoms with Gasteiger partial charge in [-0.1, -0.05) is 11.6 Å². The summed E-state index contributed by atoms with van der Waals surface area (Å²) >= 11 is 5.95. The molecule has 2 rings (SSSR count). The number of hydrogen-bond acceptors (Lipinski definition) is 4. The number of rotatable bonds is 9. The quantitative estimate of drug-likeness (QED) is 0.250. The van der Waals surface area contributed by atoms with Crippen molar-refractivity contribution in [2.24, 2.45) is 10.9 Å². The molecule has 164 valence electrons. The maximum absolute atomic E-state index is 12.6. The first kappa shape index (κ1) is 25.5. The van der Waals surface area contributed by atoms with E-state index in [0.717, 1.165) is 12.8 Å². The van der Waals surface area contributed by atoms with E-state index < -0.39 is 12.7 Å². The van der Waals surface area contributed by atoms with E-state index in [0.29, 0.717) is 35.6 Å². The van der Waals surface area contributed by atoms with Crippen LogP contribution in [0.3, 0.4) is 0 Å². The highest BCUT2D eigenvalue weighted by Crippen LogP contribution is 2.32. The third-order valence-electron chi connectivity index (χ3n) is 4.17. The van der Waals surface area contributed by atoms with E-state index >= 15 is 0 Å². The fourth-order valence-electron chi connectivity index (χ4n) is 2.66. The zero-order valence-electron chi connectivity index (χ0n) is 16.2. The highest BCUT2D eigenvalue weighted by molar-refractivity contribution is 14.0. The number of benzene rings is 1. The van der Waals surface area contributed by atoms with Crippen LogP contribution in [0, 0.1) is 5.92 Å². The molecule has 3 N–H and O–H groups in total. The number of ether oxygens (including phenoxy) is 2. The number of nitrogens with one attached hydrogen (secondary N) is 3. The lowest BCUT2D eigenvalue weighted by atomic mass is 10.2. The summed E-state index contributed by atoms with van der Waals surface area (Å²) in [5.41, 5.74) is 0.471. The average Bonchev–Trinajstić information content (AvgIpc) is 3.47. The molecule has 0 aliphatic heterocycles. The van der Waals surface area contributed by atoms with Crippen LogP contribution in [0.1, 0.15) is 25.3 Å². The van der Waals surface area contributed by atoms with Gasteiger partial charge in [0.1, 0.15) is 5.75 Å². The van der Waals surface area contributed by atoms with Gasteiger partial charge in [0.2, 0.25) is 0 Å². The summed E-state index contributed by atoms with van der Waals surface area (Å²) in [5.74, 6) is 0.899. The Labute approximate surface area is 191 Å². The Morgan fingerprint density at radius 2 is 2.07 bits per heavy atom. The van der Waals surface area contributed by atoms with Crippen LogP contribution in [0.15, 0.2) is 23.2 Å². The second-order valence-electron chi connectivity index (χ2n) is 6.25. The summed E-state index contributed by atoms with van der Waals surface area (Å²) < 4.78 is 34.6. The molecule has 1 amide bonds. The monoisotopic (exact) mass is 546 g/mol. The normalized spacial score (nSPS) is 14.6. The first-order valence-corrected chi connectivity index (χ1v) is 9.41. The Morgan fingerprint density at radius 1 is 1.34 bits per heavy atom. The van der Waals surface area contributed by atoms with Crippen LogP contribution in [0.4, 0.5) is 13.6 Å². The van der Waals surface area contributed by atoms with E-state index in [2.05, 4.69) is 25.7 Å². The smallest absolute Gasteiger partial charge is 0.407 e. The van der Waals surface area contributed by atoms with Gasteiger partial charge in [0, 0.05) is 30.7 Å². The Balaban J connectivity index is 0.00000420. The maximum Gasteiger partial charge on any atom is 0.407 e. The lowest BCUT2D eigenvalue weighted by Crippen LogP contribution is -2.48. The average molecular weight is 547 g/mol. The molecule has 0 radical (unpaired) electrons. The van der Waals surface area contributed by atoms with Crippen molar-refractivity contribution in [2.45, 2.75) is 39.0 Å². The van der Waals surface area contributed by atoms with Crippen molar-refractivity contribution in [3.05, 3.63) is 28.8 Å². The molecule has 7 nitrogen and oxygen atoms in total. The van der Waals surface area contributed by atoms with E-state index in [4.69, 9.17) is 16.3 Å². The second kappa shape index (κ2) is 12.9. The third kappa shape index (κ3) is 9.20. The molecule has 0 heterocycles. The van der Waals surface area contributed by atoms with E-state index in [1.165, 1.54) is 12.1 Å². The molecule has 1 aliphatic carbocycles. The lowest BCUT2D eigenvalue weighted by Gasteiger charge is -2.20. The van der Waals surface area contributed by atoms with Gasteiger partial charge in [-0.2, -0.15) is 8.78 Å². The maximum atomic E-state index is 12.6. The molecule has 29 heavy (non-hydrogen) atoms. The van der Waals surface area contributed by atoms with E-state index in [1.807, 2.05) is 0 Å². The fourth-order valence-corrected chi connectivity index (χ4v) is 2.86. The summed E-state index contributed by atoms with van der Waals surface area (Å²) in [6.07, 6.45) is 1.64. The topological polar surface area (TPSA) is 84.0 Å². The molecule has 1 unspecified atom stereocenters. The van der Waals surface area contributed by atoms with Gasteiger partial charge in [-0.15, -0.1) is 24.0 Å². The zero-order valence-corrected chi connectivity index (χ0v) is 19.3. The number of alkyl carbamates (subject to hydrolysis) is 1. The van der Waals surface area contributed by atoms with Crippen LogP contribution in [0.5, 0.6) is 5.75 Å². The van der Waals surface area contributed by atoms with Gasteiger partial charge in [0.25, 0.3) is 0 Å². The summed E-state index contributed by atoms with van der Waals surface area (Å²) in [6, 6.07) is 4.35. The summed E-state index contributed by atoms with van der Waals surface area (Å²) in [5, 5.41) is 9.42. The van der Waals surface area contributed by atoms with Gasteiger partial charge in [0.05, 0.1) is 12.6 Å². The number of carbonyl (C=O) groups is 1. The first-order valence-electron chi connectivity index (χ1n) is 9.04.